The van der Waals surface area contributed by atoms with E-state index < -0.39 is 10.0 Å². The van der Waals surface area contributed by atoms with E-state index in [0.29, 0.717) is 5.95 Å². The largest absolute Gasteiger partial charge is 0.321 e. The fraction of sp³-hybridized carbons (Fsp3) is 0.188. The first-order valence-electron chi connectivity index (χ1n) is 7.52. The molecule has 2 aromatic heterocycles. The maximum absolute atomic E-state index is 11.8. The molecule has 9 heteroatoms. The van der Waals surface area contributed by atoms with Crippen molar-refractivity contribution in [3.05, 3.63) is 48.4 Å². The van der Waals surface area contributed by atoms with Crippen molar-refractivity contribution in [2.75, 3.05) is 12.4 Å². The number of sulfonamides is 1. The first kappa shape index (κ1) is 17.1. The number of rotatable bonds is 5. The lowest BCUT2D eigenvalue weighted by molar-refractivity contribution is 0.588. The average molecular weight is 358 g/mol. The number of nitrogens with zero attached hydrogens (tertiary/aromatic N) is 4. The zero-order valence-electron chi connectivity index (χ0n) is 14.1. The molecule has 0 unspecified atom stereocenters. The maximum Gasteiger partial charge on any atom is 0.240 e. The van der Waals surface area contributed by atoms with Gasteiger partial charge in [-0.15, -0.1) is 0 Å². The number of hydrogen-bond donors (Lipinski definition) is 2. The monoisotopic (exact) mass is 358 g/mol. The predicted molar refractivity (Wildman–Crippen MR) is 94.9 cm³/mol. The van der Waals surface area contributed by atoms with Gasteiger partial charge in [-0.25, -0.2) is 23.1 Å². The minimum Gasteiger partial charge on any atom is -0.321 e. The van der Waals surface area contributed by atoms with Gasteiger partial charge in [-0.2, -0.15) is 5.10 Å². The molecule has 0 aliphatic rings. The van der Waals surface area contributed by atoms with Crippen molar-refractivity contribution in [2.24, 2.45) is 7.05 Å². The Morgan fingerprint density at radius 3 is 2.44 bits per heavy atom. The van der Waals surface area contributed by atoms with Gasteiger partial charge >= 0.3 is 0 Å². The summed E-state index contributed by atoms with van der Waals surface area (Å²) < 4.78 is 27.6. The van der Waals surface area contributed by atoms with Crippen LogP contribution in [0, 0.1) is 6.92 Å². The van der Waals surface area contributed by atoms with Crippen molar-refractivity contribution in [2.45, 2.75) is 11.8 Å². The Bertz CT molecular complexity index is 996. The van der Waals surface area contributed by atoms with E-state index in [0.717, 1.165) is 22.5 Å². The first-order chi connectivity index (χ1) is 11.9. The van der Waals surface area contributed by atoms with Crippen LogP contribution in [-0.4, -0.2) is 35.2 Å². The lowest BCUT2D eigenvalue weighted by Gasteiger charge is -2.09. The van der Waals surface area contributed by atoms with E-state index in [1.165, 1.54) is 7.05 Å². The molecule has 8 nitrogen and oxygen atoms in total. The summed E-state index contributed by atoms with van der Waals surface area (Å²) in [4.78, 5) is 9.02. The van der Waals surface area contributed by atoms with Crippen LogP contribution < -0.4 is 10.0 Å². The van der Waals surface area contributed by atoms with Crippen LogP contribution in [0.15, 0.2) is 47.8 Å². The quantitative estimate of drug-likeness (QED) is 0.721. The van der Waals surface area contributed by atoms with E-state index in [1.54, 1.807) is 41.3 Å². The fourth-order valence-corrected chi connectivity index (χ4v) is 3.05. The second kappa shape index (κ2) is 6.61. The SMILES string of the molecule is CNS(=O)(=O)c1ccc(-c2nc(Nc3cnn(C)c3)ncc2C)cc1. The molecule has 0 saturated heterocycles. The zero-order chi connectivity index (χ0) is 18.0. The van der Waals surface area contributed by atoms with Crippen molar-refractivity contribution < 1.29 is 8.42 Å². The van der Waals surface area contributed by atoms with Crippen molar-refractivity contribution in [1.82, 2.24) is 24.5 Å². The van der Waals surface area contributed by atoms with Gasteiger partial charge in [-0.1, -0.05) is 12.1 Å². The van der Waals surface area contributed by atoms with E-state index in [2.05, 4.69) is 25.1 Å². The molecule has 2 N–H and O–H groups in total. The molecule has 3 aromatic rings. The second-order valence-corrected chi connectivity index (χ2v) is 7.37. The van der Waals surface area contributed by atoms with Crippen LogP contribution >= 0.6 is 0 Å². The van der Waals surface area contributed by atoms with E-state index in [9.17, 15) is 8.42 Å². The fourth-order valence-electron chi connectivity index (χ4n) is 2.32. The molecule has 0 atom stereocenters. The summed E-state index contributed by atoms with van der Waals surface area (Å²) in [5.74, 6) is 0.445. The van der Waals surface area contributed by atoms with Crippen LogP contribution in [0.1, 0.15) is 5.56 Å². The molecular formula is C16H18N6O2S. The highest BCUT2D eigenvalue weighted by Crippen LogP contribution is 2.24. The summed E-state index contributed by atoms with van der Waals surface area (Å²) in [5, 5.41) is 7.18. The molecule has 1 aromatic carbocycles. The smallest absolute Gasteiger partial charge is 0.240 e. The first-order valence-corrected chi connectivity index (χ1v) is 9.00. The predicted octanol–water partition coefficient (Wildman–Crippen LogP) is 1.84. The van der Waals surface area contributed by atoms with Crippen LogP contribution in [0.3, 0.4) is 0 Å². The summed E-state index contributed by atoms with van der Waals surface area (Å²) >= 11 is 0. The standard InChI is InChI=1S/C16H18N6O2S/c1-11-8-18-16(20-13-9-19-22(3)10-13)21-15(11)12-4-6-14(7-5-12)25(23,24)17-2/h4-10,17H,1-3H3,(H,18,20,21). The van der Waals surface area contributed by atoms with Gasteiger partial charge in [0.25, 0.3) is 0 Å². The minimum atomic E-state index is -3.46. The normalized spacial score (nSPS) is 11.5. The molecule has 3 rings (SSSR count). The molecule has 0 bridgehead atoms. The maximum atomic E-state index is 11.8. The Morgan fingerprint density at radius 1 is 1.12 bits per heavy atom. The average Bonchev–Trinajstić information content (AvgIpc) is 3.01. The summed E-state index contributed by atoms with van der Waals surface area (Å²) in [6.45, 7) is 1.90. The van der Waals surface area contributed by atoms with Crippen molar-refractivity contribution in [3.8, 4) is 11.3 Å². The second-order valence-electron chi connectivity index (χ2n) is 5.48. The lowest BCUT2D eigenvalue weighted by Crippen LogP contribution is -2.18. The van der Waals surface area contributed by atoms with Gasteiger partial charge in [0, 0.05) is 25.0 Å². The molecule has 25 heavy (non-hydrogen) atoms. The highest BCUT2D eigenvalue weighted by molar-refractivity contribution is 7.89. The van der Waals surface area contributed by atoms with Gasteiger partial charge in [-0.3, -0.25) is 4.68 Å². The molecule has 2 heterocycles. The van der Waals surface area contributed by atoms with Crippen LogP contribution in [-0.2, 0) is 17.1 Å². The molecule has 0 aliphatic heterocycles. The van der Waals surface area contributed by atoms with Crippen LogP contribution in [0.25, 0.3) is 11.3 Å². The Hall–Kier alpha value is -2.78. The number of hydrogen-bond acceptors (Lipinski definition) is 6. The molecule has 0 amide bonds. The summed E-state index contributed by atoms with van der Waals surface area (Å²) in [6.07, 6.45) is 5.22. The highest BCUT2D eigenvalue weighted by atomic mass is 32.2. The van der Waals surface area contributed by atoms with Gasteiger partial charge in [0.2, 0.25) is 16.0 Å². The van der Waals surface area contributed by atoms with Crippen molar-refractivity contribution in [1.29, 1.82) is 0 Å². The number of aryl methyl sites for hydroxylation is 2. The summed E-state index contributed by atoms with van der Waals surface area (Å²) in [5.41, 5.74) is 3.22. The number of benzene rings is 1. The van der Waals surface area contributed by atoms with Crippen LogP contribution in [0.2, 0.25) is 0 Å². The van der Waals surface area contributed by atoms with Crippen LogP contribution in [0.4, 0.5) is 11.6 Å². The molecule has 130 valence electrons. The van der Waals surface area contributed by atoms with Crippen molar-refractivity contribution >= 4 is 21.7 Å². The molecule has 0 fully saturated rings. The summed E-state index contributed by atoms with van der Waals surface area (Å²) in [7, 11) is -0.248. The zero-order valence-corrected chi connectivity index (χ0v) is 14.9. The highest BCUT2D eigenvalue weighted by Gasteiger charge is 2.13. The Balaban J connectivity index is 1.92. The van der Waals surface area contributed by atoms with E-state index in [4.69, 9.17) is 0 Å². The van der Waals surface area contributed by atoms with E-state index >= 15 is 0 Å². The van der Waals surface area contributed by atoms with Gasteiger partial charge in [0.05, 0.1) is 22.5 Å². The molecule has 0 spiro atoms. The Morgan fingerprint density at radius 2 is 1.84 bits per heavy atom. The molecule has 0 radical (unpaired) electrons. The Labute approximate surface area is 146 Å². The molecule has 0 saturated carbocycles. The number of aromatic nitrogens is 4. The van der Waals surface area contributed by atoms with E-state index in [1.807, 2.05) is 20.2 Å². The third kappa shape index (κ3) is 3.67. The third-order valence-electron chi connectivity index (χ3n) is 3.64. The van der Waals surface area contributed by atoms with E-state index in [-0.39, 0.29) is 4.90 Å². The van der Waals surface area contributed by atoms with Gasteiger partial charge in [0.15, 0.2) is 0 Å². The number of anilines is 2. The third-order valence-corrected chi connectivity index (χ3v) is 5.07. The minimum absolute atomic E-state index is 0.208. The van der Waals surface area contributed by atoms with Gasteiger partial charge in [0.1, 0.15) is 0 Å². The van der Waals surface area contributed by atoms with Crippen LogP contribution in [0.5, 0.6) is 0 Å². The lowest BCUT2D eigenvalue weighted by atomic mass is 10.1. The summed E-state index contributed by atoms with van der Waals surface area (Å²) in [6, 6.07) is 6.56. The topological polar surface area (TPSA) is 102 Å². The number of nitrogens with one attached hydrogen (secondary N) is 2. The Kier molecular flexibility index (Phi) is 4.51. The molecule has 0 aliphatic carbocycles. The molecular weight excluding hydrogens is 340 g/mol. The van der Waals surface area contributed by atoms with Crippen molar-refractivity contribution in [3.63, 3.8) is 0 Å². The van der Waals surface area contributed by atoms with Gasteiger partial charge < -0.3 is 5.32 Å². The van der Waals surface area contributed by atoms with Gasteiger partial charge in [-0.05, 0) is 31.7 Å².